The van der Waals surface area contributed by atoms with E-state index in [2.05, 4.69) is 0 Å². The number of hydrogen-bond donors (Lipinski definition) is 1. The third kappa shape index (κ3) is 3.57. The van der Waals surface area contributed by atoms with Crippen molar-refractivity contribution in [1.29, 1.82) is 0 Å². The number of rotatable bonds is 3. The molecule has 1 fully saturated rings. The third-order valence-corrected chi connectivity index (χ3v) is 2.80. The lowest BCUT2D eigenvalue weighted by Gasteiger charge is -2.25. The van der Waals surface area contributed by atoms with Gasteiger partial charge in [0.15, 0.2) is 0 Å². The summed E-state index contributed by atoms with van der Waals surface area (Å²) < 4.78 is 33.0. The molecule has 1 heterocycles. The first-order chi connectivity index (χ1) is 6.00. The minimum absolute atomic E-state index is 0.211. The maximum atomic E-state index is 10.8. The summed E-state index contributed by atoms with van der Waals surface area (Å²) >= 11 is 0. The molecular formula is C6H14N2O4S. The summed E-state index contributed by atoms with van der Waals surface area (Å²) in [6, 6.07) is 0. The summed E-state index contributed by atoms with van der Waals surface area (Å²) in [6.45, 7) is 1.72. The molecule has 2 N–H and O–H groups in total. The van der Waals surface area contributed by atoms with Gasteiger partial charge in [0, 0.05) is 13.6 Å². The zero-order valence-electron chi connectivity index (χ0n) is 7.47. The maximum Gasteiger partial charge on any atom is 0.276 e. The first kappa shape index (κ1) is 10.9. The largest absolute Gasteiger partial charge is 0.376 e. The highest BCUT2D eigenvalue weighted by Crippen LogP contribution is 2.03. The van der Waals surface area contributed by atoms with Gasteiger partial charge in [-0.2, -0.15) is 12.7 Å². The molecule has 0 aromatic carbocycles. The number of nitrogens with zero attached hydrogens (tertiary/aromatic N) is 1. The third-order valence-electron chi connectivity index (χ3n) is 1.78. The predicted octanol–water partition coefficient (Wildman–Crippen LogP) is -1.46. The van der Waals surface area contributed by atoms with Crippen molar-refractivity contribution in [2.24, 2.45) is 5.14 Å². The fraction of sp³-hybridized carbons (Fsp3) is 1.00. The van der Waals surface area contributed by atoms with Crippen LogP contribution in [0, 0.1) is 0 Å². The van der Waals surface area contributed by atoms with E-state index in [0.717, 1.165) is 4.31 Å². The lowest BCUT2D eigenvalue weighted by atomic mass is 10.3. The van der Waals surface area contributed by atoms with Crippen molar-refractivity contribution < 1.29 is 17.9 Å². The molecule has 0 aromatic rings. The van der Waals surface area contributed by atoms with Gasteiger partial charge in [-0.3, -0.25) is 0 Å². The van der Waals surface area contributed by atoms with E-state index in [1.807, 2.05) is 0 Å². The Labute approximate surface area is 77.8 Å². The van der Waals surface area contributed by atoms with Gasteiger partial charge in [-0.1, -0.05) is 0 Å². The van der Waals surface area contributed by atoms with E-state index < -0.39 is 10.2 Å². The van der Waals surface area contributed by atoms with Crippen molar-refractivity contribution >= 4 is 10.2 Å². The Morgan fingerprint density at radius 1 is 1.54 bits per heavy atom. The molecule has 1 saturated heterocycles. The van der Waals surface area contributed by atoms with E-state index in [1.54, 1.807) is 0 Å². The minimum Gasteiger partial charge on any atom is -0.376 e. The Balaban J connectivity index is 2.39. The van der Waals surface area contributed by atoms with Gasteiger partial charge in [0.1, 0.15) is 0 Å². The molecule has 0 radical (unpaired) electrons. The second-order valence-electron chi connectivity index (χ2n) is 2.89. The fourth-order valence-corrected chi connectivity index (χ4v) is 1.41. The van der Waals surface area contributed by atoms with Gasteiger partial charge in [0.05, 0.1) is 25.9 Å². The molecule has 1 unspecified atom stereocenters. The molecule has 0 saturated carbocycles. The van der Waals surface area contributed by atoms with Crippen LogP contribution in [0.5, 0.6) is 0 Å². The Kier molecular flexibility index (Phi) is 3.63. The van der Waals surface area contributed by atoms with Crippen molar-refractivity contribution in [2.75, 3.05) is 33.4 Å². The van der Waals surface area contributed by atoms with E-state index in [0.29, 0.717) is 19.8 Å². The standard InChI is InChI=1S/C6H14N2O4S/c1-8(13(7,9)10)4-6-5-11-2-3-12-6/h6H,2-5H2,1H3,(H2,7,9,10). The van der Waals surface area contributed by atoms with Crippen LogP contribution in [-0.2, 0) is 19.7 Å². The van der Waals surface area contributed by atoms with Crippen LogP contribution in [0.4, 0.5) is 0 Å². The lowest BCUT2D eigenvalue weighted by molar-refractivity contribution is -0.0909. The second kappa shape index (κ2) is 4.34. The summed E-state index contributed by atoms with van der Waals surface area (Å²) in [7, 11) is -2.19. The van der Waals surface area contributed by atoms with Crippen LogP contribution in [0.2, 0.25) is 0 Å². The molecule has 0 amide bonds. The summed E-state index contributed by atoms with van der Waals surface area (Å²) in [5, 5.41) is 4.90. The monoisotopic (exact) mass is 210 g/mol. The molecule has 1 aliphatic rings. The van der Waals surface area contributed by atoms with Gasteiger partial charge in [0.2, 0.25) is 0 Å². The average Bonchev–Trinajstić information content (AvgIpc) is 2.04. The van der Waals surface area contributed by atoms with Crippen LogP contribution in [0.25, 0.3) is 0 Å². The highest BCUT2D eigenvalue weighted by molar-refractivity contribution is 7.86. The fourth-order valence-electron chi connectivity index (χ4n) is 1.03. The van der Waals surface area contributed by atoms with E-state index in [4.69, 9.17) is 14.6 Å². The van der Waals surface area contributed by atoms with Crippen molar-refractivity contribution in [2.45, 2.75) is 6.10 Å². The van der Waals surface area contributed by atoms with Gasteiger partial charge in [0.25, 0.3) is 10.2 Å². The van der Waals surface area contributed by atoms with Crippen molar-refractivity contribution in [3.63, 3.8) is 0 Å². The normalized spacial score (nSPS) is 25.0. The van der Waals surface area contributed by atoms with Crippen LogP contribution >= 0.6 is 0 Å². The SMILES string of the molecule is CN(CC1COCCO1)S(N)(=O)=O. The highest BCUT2D eigenvalue weighted by atomic mass is 32.2. The molecule has 1 aliphatic heterocycles. The maximum absolute atomic E-state index is 10.8. The summed E-state index contributed by atoms with van der Waals surface area (Å²) in [6.07, 6.45) is -0.211. The van der Waals surface area contributed by atoms with Crippen LogP contribution in [0.15, 0.2) is 0 Å². The van der Waals surface area contributed by atoms with Gasteiger partial charge in [-0.15, -0.1) is 0 Å². The van der Waals surface area contributed by atoms with Gasteiger partial charge < -0.3 is 9.47 Å². The summed E-state index contributed by atoms with van der Waals surface area (Å²) in [5.41, 5.74) is 0. The number of hydrogen-bond acceptors (Lipinski definition) is 4. The molecule has 1 atom stereocenters. The molecule has 13 heavy (non-hydrogen) atoms. The van der Waals surface area contributed by atoms with Crippen LogP contribution in [0.3, 0.4) is 0 Å². The summed E-state index contributed by atoms with van der Waals surface area (Å²) in [4.78, 5) is 0. The van der Waals surface area contributed by atoms with Crippen molar-refractivity contribution in [1.82, 2.24) is 4.31 Å². The zero-order valence-corrected chi connectivity index (χ0v) is 8.29. The first-order valence-electron chi connectivity index (χ1n) is 3.93. The van der Waals surface area contributed by atoms with Gasteiger partial charge in [-0.25, -0.2) is 5.14 Å². The highest BCUT2D eigenvalue weighted by Gasteiger charge is 2.20. The van der Waals surface area contributed by atoms with Gasteiger partial charge >= 0.3 is 0 Å². The predicted molar refractivity (Wildman–Crippen MR) is 46.3 cm³/mol. The molecule has 6 nitrogen and oxygen atoms in total. The number of likely N-dealkylation sites (N-methyl/N-ethyl adjacent to an activating group) is 1. The van der Waals surface area contributed by atoms with Crippen LogP contribution < -0.4 is 5.14 Å². The smallest absolute Gasteiger partial charge is 0.276 e. The topological polar surface area (TPSA) is 81.9 Å². The molecule has 0 aromatic heterocycles. The Morgan fingerprint density at radius 2 is 2.23 bits per heavy atom. The molecule has 7 heteroatoms. The van der Waals surface area contributed by atoms with Crippen molar-refractivity contribution in [3.05, 3.63) is 0 Å². The Bertz CT molecular complexity index is 247. The molecule has 0 aliphatic carbocycles. The zero-order chi connectivity index (χ0) is 9.90. The van der Waals surface area contributed by atoms with Crippen LogP contribution in [0.1, 0.15) is 0 Å². The van der Waals surface area contributed by atoms with Gasteiger partial charge in [-0.05, 0) is 0 Å². The molecule has 0 spiro atoms. The number of ether oxygens (including phenoxy) is 2. The summed E-state index contributed by atoms with van der Waals surface area (Å²) in [5.74, 6) is 0. The van der Waals surface area contributed by atoms with Crippen molar-refractivity contribution in [3.8, 4) is 0 Å². The average molecular weight is 210 g/mol. The van der Waals surface area contributed by atoms with E-state index >= 15 is 0 Å². The van der Waals surface area contributed by atoms with E-state index in [9.17, 15) is 8.42 Å². The molecule has 0 bridgehead atoms. The van der Waals surface area contributed by atoms with Crippen LogP contribution in [-0.4, -0.2) is 52.2 Å². The first-order valence-corrected chi connectivity index (χ1v) is 5.44. The molecule has 1 rings (SSSR count). The molecule has 78 valence electrons. The minimum atomic E-state index is -3.60. The van der Waals surface area contributed by atoms with E-state index in [-0.39, 0.29) is 12.6 Å². The van der Waals surface area contributed by atoms with E-state index in [1.165, 1.54) is 7.05 Å². The Morgan fingerprint density at radius 3 is 2.69 bits per heavy atom. The Hall–Kier alpha value is -0.210. The molecular weight excluding hydrogens is 196 g/mol. The quantitative estimate of drug-likeness (QED) is 0.617. The second-order valence-corrected chi connectivity index (χ2v) is 4.55. The lowest BCUT2D eigenvalue weighted by Crippen LogP contribution is -2.43. The number of nitrogens with two attached hydrogens (primary N) is 1.